The van der Waals surface area contributed by atoms with Crippen LogP contribution in [0.15, 0.2) is 22.7 Å². The summed E-state index contributed by atoms with van der Waals surface area (Å²) < 4.78 is 16.7. The maximum absolute atomic E-state index is 5.95. The van der Waals surface area contributed by atoms with Gasteiger partial charge in [0.2, 0.25) is 0 Å². The minimum atomic E-state index is 0.420. The molecule has 1 atom stereocenters. The maximum atomic E-state index is 5.95. The summed E-state index contributed by atoms with van der Waals surface area (Å²) in [5.41, 5.74) is 3.04. The molecule has 1 aromatic carbocycles. The summed E-state index contributed by atoms with van der Waals surface area (Å²) >= 11 is 0. The first-order chi connectivity index (χ1) is 13.6. The number of aryl methyl sites for hydroxylation is 2. The van der Waals surface area contributed by atoms with Crippen LogP contribution in [0.4, 0.5) is 0 Å². The molecule has 154 valence electrons. The number of nitrogens with zero attached hydrogens (tertiary/aromatic N) is 2. The van der Waals surface area contributed by atoms with Crippen LogP contribution in [-0.2, 0) is 13.2 Å². The molecule has 1 N–H and O–H groups in total. The molecule has 1 saturated heterocycles. The van der Waals surface area contributed by atoms with Gasteiger partial charge in [0.15, 0.2) is 11.5 Å². The van der Waals surface area contributed by atoms with Gasteiger partial charge in [-0.2, -0.15) is 0 Å². The van der Waals surface area contributed by atoms with Gasteiger partial charge in [-0.25, -0.2) is 0 Å². The fraction of sp³-hybridized carbons (Fsp3) is 0.591. The van der Waals surface area contributed by atoms with Crippen molar-refractivity contribution in [3.8, 4) is 11.5 Å². The molecule has 1 unspecified atom stereocenters. The zero-order chi connectivity index (χ0) is 19.9. The Bertz CT molecular complexity index is 740. The molecule has 28 heavy (non-hydrogen) atoms. The number of hydrogen-bond acceptors (Lipinski definition) is 6. The van der Waals surface area contributed by atoms with Crippen LogP contribution in [0, 0.1) is 19.8 Å². The van der Waals surface area contributed by atoms with Crippen LogP contribution in [0.1, 0.15) is 42.3 Å². The Morgan fingerprint density at radius 3 is 2.86 bits per heavy atom. The summed E-state index contributed by atoms with van der Waals surface area (Å²) in [6.45, 7) is 12.0. The molecule has 0 amide bonds. The van der Waals surface area contributed by atoms with Crippen LogP contribution < -0.4 is 14.8 Å². The molecule has 1 aliphatic rings. The second-order valence-electron chi connectivity index (χ2n) is 7.80. The highest BCUT2D eigenvalue weighted by atomic mass is 16.5. The summed E-state index contributed by atoms with van der Waals surface area (Å²) in [6.07, 6.45) is 2.70. The minimum absolute atomic E-state index is 0.420. The second-order valence-corrected chi connectivity index (χ2v) is 7.80. The van der Waals surface area contributed by atoms with Crippen LogP contribution >= 0.6 is 0 Å². The van der Waals surface area contributed by atoms with Gasteiger partial charge in [-0.15, -0.1) is 0 Å². The Morgan fingerprint density at radius 2 is 2.14 bits per heavy atom. The van der Waals surface area contributed by atoms with Gasteiger partial charge in [0.05, 0.1) is 18.4 Å². The molecule has 6 heteroatoms. The molecule has 1 fully saturated rings. The van der Waals surface area contributed by atoms with E-state index in [9.17, 15) is 0 Å². The number of likely N-dealkylation sites (tertiary alicyclic amines) is 1. The van der Waals surface area contributed by atoms with Crippen LogP contribution in [0.25, 0.3) is 0 Å². The normalized spacial score (nSPS) is 17.6. The third-order valence-electron chi connectivity index (χ3n) is 5.46. The first-order valence-corrected chi connectivity index (χ1v) is 10.2. The molecular weight excluding hydrogens is 354 g/mol. The standard InChI is InChI=1S/C22H33N3O3/c1-16-6-5-10-25(14-16)11-9-23-13-19-7-8-21(22(12-19)26-4)27-15-20-17(2)24-28-18(20)3/h7-8,12,16,23H,5-6,9-11,13-15H2,1-4H3. The first-order valence-electron chi connectivity index (χ1n) is 10.2. The number of piperidine rings is 1. The van der Waals surface area contributed by atoms with Gasteiger partial charge in [0.25, 0.3) is 0 Å². The zero-order valence-corrected chi connectivity index (χ0v) is 17.6. The van der Waals surface area contributed by atoms with Gasteiger partial charge in [-0.1, -0.05) is 18.1 Å². The third-order valence-corrected chi connectivity index (χ3v) is 5.46. The van der Waals surface area contributed by atoms with Crippen molar-refractivity contribution in [3.63, 3.8) is 0 Å². The molecule has 0 aliphatic carbocycles. The van der Waals surface area contributed by atoms with Crippen molar-refractivity contribution in [3.05, 3.63) is 40.8 Å². The summed E-state index contributed by atoms with van der Waals surface area (Å²) in [6, 6.07) is 6.10. The fourth-order valence-electron chi connectivity index (χ4n) is 3.76. The largest absolute Gasteiger partial charge is 0.493 e. The van der Waals surface area contributed by atoms with Gasteiger partial charge < -0.3 is 24.2 Å². The highest BCUT2D eigenvalue weighted by molar-refractivity contribution is 5.43. The van der Waals surface area contributed by atoms with Gasteiger partial charge in [0, 0.05) is 26.2 Å². The number of ether oxygens (including phenoxy) is 2. The summed E-state index contributed by atoms with van der Waals surface area (Å²) in [5, 5.41) is 7.51. The lowest BCUT2D eigenvalue weighted by Crippen LogP contribution is -2.38. The van der Waals surface area contributed by atoms with E-state index in [1.165, 1.54) is 31.5 Å². The predicted octanol–water partition coefficient (Wildman–Crippen LogP) is 3.70. The minimum Gasteiger partial charge on any atom is -0.493 e. The quantitative estimate of drug-likeness (QED) is 0.662. The monoisotopic (exact) mass is 387 g/mol. The summed E-state index contributed by atoms with van der Waals surface area (Å²) in [4.78, 5) is 2.56. The zero-order valence-electron chi connectivity index (χ0n) is 17.6. The van der Waals surface area contributed by atoms with E-state index < -0.39 is 0 Å². The Hall–Kier alpha value is -2.05. The molecule has 0 saturated carbocycles. The number of nitrogens with one attached hydrogen (secondary N) is 1. The van der Waals surface area contributed by atoms with Crippen LogP contribution in [0.5, 0.6) is 11.5 Å². The van der Waals surface area contributed by atoms with Crippen LogP contribution in [-0.4, -0.2) is 43.3 Å². The predicted molar refractivity (Wildman–Crippen MR) is 110 cm³/mol. The third kappa shape index (κ3) is 5.49. The van der Waals surface area contributed by atoms with Crippen molar-refractivity contribution < 1.29 is 14.0 Å². The number of aromatic nitrogens is 1. The smallest absolute Gasteiger partial charge is 0.161 e. The summed E-state index contributed by atoms with van der Waals surface area (Å²) in [5.74, 6) is 3.10. The number of hydrogen-bond donors (Lipinski definition) is 1. The highest BCUT2D eigenvalue weighted by Gasteiger charge is 2.15. The molecule has 1 aromatic heterocycles. The van der Waals surface area contributed by atoms with E-state index in [1.54, 1.807) is 7.11 Å². The fourth-order valence-corrected chi connectivity index (χ4v) is 3.76. The molecule has 2 heterocycles. The molecule has 0 radical (unpaired) electrons. The van der Waals surface area contributed by atoms with Gasteiger partial charge in [0.1, 0.15) is 12.4 Å². The van der Waals surface area contributed by atoms with Gasteiger partial charge in [-0.3, -0.25) is 0 Å². The maximum Gasteiger partial charge on any atom is 0.161 e. The van der Waals surface area contributed by atoms with Crippen molar-refractivity contribution in [2.45, 2.75) is 46.8 Å². The Labute approximate surface area is 168 Å². The highest BCUT2D eigenvalue weighted by Crippen LogP contribution is 2.29. The van der Waals surface area contributed by atoms with E-state index in [-0.39, 0.29) is 0 Å². The van der Waals surface area contributed by atoms with Crippen molar-refractivity contribution >= 4 is 0 Å². The Balaban J connectivity index is 1.48. The van der Waals surface area contributed by atoms with E-state index in [2.05, 4.69) is 28.4 Å². The van der Waals surface area contributed by atoms with Crippen LogP contribution in [0.3, 0.4) is 0 Å². The van der Waals surface area contributed by atoms with E-state index in [0.29, 0.717) is 6.61 Å². The molecule has 2 aromatic rings. The molecular formula is C22H33N3O3. The van der Waals surface area contributed by atoms with E-state index in [0.717, 1.165) is 54.1 Å². The lowest BCUT2D eigenvalue weighted by atomic mass is 10.0. The molecule has 6 nitrogen and oxygen atoms in total. The van der Waals surface area contributed by atoms with E-state index in [1.807, 2.05) is 26.0 Å². The molecule has 1 aliphatic heterocycles. The Kier molecular flexibility index (Phi) is 7.34. The average Bonchev–Trinajstić information content (AvgIpc) is 3.01. The van der Waals surface area contributed by atoms with E-state index >= 15 is 0 Å². The lowest BCUT2D eigenvalue weighted by Gasteiger charge is -2.30. The molecule has 0 bridgehead atoms. The van der Waals surface area contributed by atoms with Gasteiger partial charge in [-0.05, 0) is 56.8 Å². The lowest BCUT2D eigenvalue weighted by molar-refractivity contribution is 0.184. The average molecular weight is 388 g/mol. The van der Waals surface area contributed by atoms with E-state index in [4.69, 9.17) is 14.0 Å². The van der Waals surface area contributed by atoms with Crippen molar-refractivity contribution in [1.29, 1.82) is 0 Å². The first kappa shape index (κ1) is 20.7. The van der Waals surface area contributed by atoms with Crippen molar-refractivity contribution in [1.82, 2.24) is 15.4 Å². The second kappa shape index (κ2) is 9.94. The Morgan fingerprint density at radius 1 is 1.29 bits per heavy atom. The topological polar surface area (TPSA) is 59.8 Å². The number of methoxy groups -OCH3 is 1. The van der Waals surface area contributed by atoms with Gasteiger partial charge >= 0.3 is 0 Å². The van der Waals surface area contributed by atoms with Crippen LogP contribution in [0.2, 0.25) is 0 Å². The summed E-state index contributed by atoms with van der Waals surface area (Å²) in [7, 11) is 1.67. The number of rotatable bonds is 9. The van der Waals surface area contributed by atoms with Crippen molar-refractivity contribution in [2.75, 3.05) is 33.3 Å². The van der Waals surface area contributed by atoms with Crippen molar-refractivity contribution in [2.24, 2.45) is 5.92 Å². The molecule has 3 rings (SSSR count). The molecule has 0 spiro atoms. The SMILES string of the molecule is COc1cc(CNCCN2CCCC(C)C2)ccc1OCc1c(C)noc1C. The number of benzene rings is 1.